The fourth-order valence-corrected chi connectivity index (χ4v) is 4.76. The SMILES string of the molecule is O=C(CSc1nc2ccccc2n1CCc1ccccc1)Nc1cccc2ccccc12. The molecule has 0 aliphatic carbocycles. The molecule has 1 heterocycles. The molecule has 0 atom stereocenters. The van der Waals surface area contributed by atoms with E-state index in [2.05, 4.69) is 52.3 Å². The number of imidazole rings is 1. The van der Waals surface area contributed by atoms with Crippen LogP contribution in [0.4, 0.5) is 5.69 Å². The summed E-state index contributed by atoms with van der Waals surface area (Å²) >= 11 is 1.48. The van der Waals surface area contributed by atoms with Crippen molar-refractivity contribution in [3.63, 3.8) is 0 Å². The smallest absolute Gasteiger partial charge is 0.234 e. The second-order valence-corrected chi connectivity index (χ2v) is 8.58. The van der Waals surface area contributed by atoms with Crippen LogP contribution in [0.25, 0.3) is 21.8 Å². The monoisotopic (exact) mass is 437 g/mol. The molecular formula is C27H23N3OS. The van der Waals surface area contributed by atoms with Gasteiger partial charge in [0.25, 0.3) is 0 Å². The number of aromatic nitrogens is 2. The molecule has 0 bridgehead atoms. The maximum absolute atomic E-state index is 12.8. The van der Waals surface area contributed by atoms with E-state index in [0.717, 1.165) is 45.6 Å². The molecule has 0 aliphatic rings. The van der Waals surface area contributed by atoms with Crippen molar-refractivity contribution in [3.8, 4) is 0 Å². The number of hydrogen-bond acceptors (Lipinski definition) is 3. The van der Waals surface area contributed by atoms with Crippen LogP contribution in [0, 0.1) is 0 Å². The topological polar surface area (TPSA) is 46.9 Å². The highest BCUT2D eigenvalue weighted by Gasteiger charge is 2.14. The number of carbonyl (C=O) groups is 1. The Morgan fingerprint density at radius 1 is 0.844 bits per heavy atom. The molecule has 1 N–H and O–H groups in total. The second-order valence-electron chi connectivity index (χ2n) is 7.63. The van der Waals surface area contributed by atoms with Gasteiger partial charge in [-0.3, -0.25) is 4.79 Å². The molecule has 0 saturated heterocycles. The zero-order chi connectivity index (χ0) is 21.8. The number of amides is 1. The molecule has 1 amide bonds. The molecule has 158 valence electrons. The molecule has 5 aromatic rings. The van der Waals surface area contributed by atoms with Gasteiger partial charge in [-0.1, -0.05) is 90.6 Å². The minimum Gasteiger partial charge on any atom is -0.325 e. The highest BCUT2D eigenvalue weighted by atomic mass is 32.2. The fourth-order valence-electron chi connectivity index (χ4n) is 3.92. The molecule has 0 fully saturated rings. The predicted octanol–water partition coefficient (Wildman–Crippen LogP) is 6.16. The van der Waals surface area contributed by atoms with Gasteiger partial charge in [-0.05, 0) is 35.6 Å². The van der Waals surface area contributed by atoms with Crippen molar-refractivity contribution in [1.82, 2.24) is 9.55 Å². The highest BCUT2D eigenvalue weighted by Crippen LogP contribution is 2.26. The predicted molar refractivity (Wildman–Crippen MR) is 133 cm³/mol. The lowest BCUT2D eigenvalue weighted by Crippen LogP contribution is -2.15. The Hall–Kier alpha value is -3.57. The van der Waals surface area contributed by atoms with Crippen molar-refractivity contribution in [2.24, 2.45) is 0 Å². The largest absolute Gasteiger partial charge is 0.325 e. The number of hydrogen-bond donors (Lipinski definition) is 1. The minimum atomic E-state index is -0.0342. The van der Waals surface area contributed by atoms with E-state index in [9.17, 15) is 4.79 Å². The van der Waals surface area contributed by atoms with Crippen LogP contribution in [0.5, 0.6) is 0 Å². The lowest BCUT2D eigenvalue weighted by atomic mass is 10.1. The van der Waals surface area contributed by atoms with Gasteiger partial charge in [-0.15, -0.1) is 0 Å². The standard InChI is InChI=1S/C27H23N3OS/c31-26(28-23-15-8-12-21-11-4-5-13-22(21)23)19-32-27-29-24-14-6-7-16-25(24)30(27)18-17-20-9-2-1-3-10-20/h1-16H,17-19H2,(H,28,31). The lowest BCUT2D eigenvalue weighted by molar-refractivity contribution is -0.113. The van der Waals surface area contributed by atoms with Crippen LogP contribution >= 0.6 is 11.8 Å². The number of para-hydroxylation sites is 2. The Kier molecular flexibility index (Phi) is 5.90. The number of thioether (sulfide) groups is 1. The Labute approximate surface area is 191 Å². The van der Waals surface area contributed by atoms with E-state index >= 15 is 0 Å². The summed E-state index contributed by atoms with van der Waals surface area (Å²) in [6.07, 6.45) is 0.914. The third kappa shape index (κ3) is 4.39. The zero-order valence-electron chi connectivity index (χ0n) is 17.6. The van der Waals surface area contributed by atoms with Gasteiger partial charge >= 0.3 is 0 Å². The minimum absolute atomic E-state index is 0.0342. The summed E-state index contributed by atoms with van der Waals surface area (Å²) in [4.78, 5) is 17.6. The van der Waals surface area contributed by atoms with Crippen molar-refractivity contribution < 1.29 is 4.79 Å². The van der Waals surface area contributed by atoms with Crippen LogP contribution in [0.3, 0.4) is 0 Å². The molecule has 4 nitrogen and oxygen atoms in total. The van der Waals surface area contributed by atoms with Gasteiger partial charge in [0.15, 0.2) is 5.16 Å². The van der Waals surface area contributed by atoms with E-state index in [-0.39, 0.29) is 5.91 Å². The van der Waals surface area contributed by atoms with Gasteiger partial charge in [-0.2, -0.15) is 0 Å². The van der Waals surface area contributed by atoms with Crippen LogP contribution in [-0.4, -0.2) is 21.2 Å². The van der Waals surface area contributed by atoms with Crippen molar-refractivity contribution in [2.75, 3.05) is 11.1 Å². The Balaban J connectivity index is 1.33. The van der Waals surface area contributed by atoms with Gasteiger partial charge in [-0.25, -0.2) is 4.98 Å². The number of nitrogens with one attached hydrogen (secondary N) is 1. The van der Waals surface area contributed by atoms with Crippen LogP contribution in [0.1, 0.15) is 5.56 Å². The van der Waals surface area contributed by atoms with Crippen LogP contribution < -0.4 is 5.32 Å². The Bertz CT molecular complexity index is 1370. The molecule has 32 heavy (non-hydrogen) atoms. The number of benzene rings is 4. The number of carbonyl (C=O) groups excluding carboxylic acids is 1. The molecule has 0 spiro atoms. The number of rotatable bonds is 7. The molecule has 5 heteroatoms. The third-order valence-electron chi connectivity index (χ3n) is 5.48. The maximum atomic E-state index is 12.8. The fraction of sp³-hybridized carbons (Fsp3) is 0.111. The van der Waals surface area contributed by atoms with Crippen molar-refractivity contribution in [1.29, 1.82) is 0 Å². The number of anilines is 1. The molecule has 0 aliphatic heterocycles. The third-order valence-corrected chi connectivity index (χ3v) is 6.46. The number of fused-ring (bicyclic) bond motifs is 2. The van der Waals surface area contributed by atoms with Crippen molar-refractivity contribution in [3.05, 3.63) is 103 Å². The molecule has 0 radical (unpaired) electrons. The van der Waals surface area contributed by atoms with Gasteiger partial charge < -0.3 is 9.88 Å². The van der Waals surface area contributed by atoms with Gasteiger partial charge in [0.1, 0.15) is 0 Å². The Morgan fingerprint density at radius 2 is 1.59 bits per heavy atom. The first-order chi connectivity index (χ1) is 15.8. The molecule has 4 aromatic carbocycles. The second kappa shape index (κ2) is 9.28. The average Bonchev–Trinajstić information content (AvgIpc) is 3.20. The molecule has 0 unspecified atom stereocenters. The van der Waals surface area contributed by atoms with E-state index in [1.165, 1.54) is 17.3 Å². The van der Waals surface area contributed by atoms with E-state index in [1.54, 1.807) is 0 Å². The van der Waals surface area contributed by atoms with E-state index in [0.29, 0.717) is 5.75 Å². The molecule has 0 saturated carbocycles. The molecular weight excluding hydrogens is 414 g/mol. The number of nitrogens with zero attached hydrogens (tertiary/aromatic N) is 2. The van der Waals surface area contributed by atoms with Crippen LogP contribution in [-0.2, 0) is 17.8 Å². The summed E-state index contributed by atoms with van der Waals surface area (Å²) in [6, 6.07) is 32.6. The summed E-state index contributed by atoms with van der Waals surface area (Å²) in [5, 5.41) is 6.10. The highest BCUT2D eigenvalue weighted by molar-refractivity contribution is 7.99. The first-order valence-corrected chi connectivity index (χ1v) is 11.7. The van der Waals surface area contributed by atoms with Gasteiger partial charge in [0.05, 0.1) is 16.8 Å². The average molecular weight is 438 g/mol. The van der Waals surface area contributed by atoms with Gasteiger partial charge in [0, 0.05) is 17.6 Å². The molecule has 5 rings (SSSR count). The van der Waals surface area contributed by atoms with E-state index in [1.807, 2.05) is 54.6 Å². The van der Waals surface area contributed by atoms with Gasteiger partial charge in [0.2, 0.25) is 5.91 Å². The summed E-state index contributed by atoms with van der Waals surface area (Å²) in [7, 11) is 0. The van der Waals surface area contributed by atoms with E-state index in [4.69, 9.17) is 4.98 Å². The summed E-state index contributed by atoms with van der Waals surface area (Å²) in [6.45, 7) is 0.817. The summed E-state index contributed by atoms with van der Waals surface area (Å²) in [5.41, 5.74) is 4.18. The van der Waals surface area contributed by atoms with E-state index < -0.39 is 0 Å². The Morgan fingerprint density at radius 3 is 2.50 bits per heavy atom. The normalized spacial score (nSPS) is 11.1. The molecule has 1 aromatic heterocycles. The zero-order valence-corrected chi connectivity index (χ0v) is 18.4. The van der Waals surface area contributed by atoms with Crippen molar-refractivity contribution >= 4 is 45.2 Å². The first kappa shape index (κ1) is 20.3. The summed E-state index contributed by atoms with van der Waals surface area (Å²) in [5.74, 6) is 0.269. The lowest BCUT2D eigenvalue weighted by Gasteiger charge is -2.10. The van der Waals surface area contributed by atoms with Crippen LogP contribution in [0.2, 0.25) is 0 Å². The quantitative estimate of drug-likeness (QED) is 0.310. The maximum Gasteiger partial charge on any atom is 0.234 e. The first-order valence-electron chi connectivity index (χ1n) is 10.7. The number of aryl methyl sites for hydroxylation is 2. The van der Waals surface area contributed by atoms with Crippen LogP contribution in [0.15, 0.2) is 102 Å². The van der Waals surface area contributed by atoms with Crippen molar-refractivity contribution in [2.45, 2.75) is 18.1 Å². The summed E-state index contributed by atoms with van der Waals surface area (Å²) < 4.78 is 2.22.